The van der Waals surface area contributed by atoms with Crippen LogP contribution in [0.4, 0.5) is 10.2 Å². The van der Waals surface area contributed by atoms with Gasteiger partial charge >= 0.3 is 6.01 Å². The third-order valence-electron chi connectivity index (χ3n) is 10.0. The van der Waals surface area contributed by atoms with Gasteiger partial charge in [-0.15, -0.1) is 11.8 Å². The maximum Gasteiger partial charge on any atom is 0.319 e. The Balaban J connectivity index is 1.25. The molecule has 1 N–H and O–H groups in total. The number of anilines is 1. The van der Waals surface area contributed by atoms with Crippen LogP contribution in [0.1, 0.15) is 44.9 Å². The van der Waals surface area contributed by atoms with Gasteiger partial charge < -0.3 is 15.0 Å². The molecule has 0 bridgehead atoms. The second-order valence-electron chi connectivity index (χ2n) is 12.6. The van der Waals surface area contributed by atoms with Crippen molar-refractivity contribution >= 4 is 45.2 Å². The van der Waals surface area contributed by atoms with Gasteiger partial charge in [-0.2, -0.15) is 9.97 Å². The number of β-lactam (4-membered cyclic amide) rings is 1. The number of nitrogens with zero attached hydrogens (tertiary/aromatic N) is 5. The number of hydrogen-bond acceptors (Lipinski definition) is 8. The first-order valence-corrected chi connectivity index (χ1v) is 16.6. The van der Waals surface area contributed by atoms with E-state index >= 15 is 4.39 Å². The van der Waals surface area contributed by atoms with Crippen LogP contribution >= 0.6 is 11.8 Å². The first-order chi connectivity index (χ1) is 21.0. The number of amides is 1. The summed E-state index contributed by atoms with van der Waals surface area (Å²) in [4.78, 5) is 32.0. The predicted octanol–water partition coefficient (Wildman–Crippen LogP) is 5.57. The minimum atomic E-state index is -0.473. The fourth-order valence-electron chi connectivity index (χ4n) is 7.99. The third kappa shape index (κ3) is 4.44. The van der Waals surface area contributed by atoms with E-state index in [1.165, 1.54) is 12.8 Å². The zero-order chi connectivity index (χ0) is 29.2. The first kappa shape index (κ1) is 27.1. The van der Waals surface area contributed by atoms with E-state index in [9.17, 15) is 4.79 Å². The lowest BCUT2D eigenvalue weighted by atomic mass is 9.80. The van der Waals surface area contributed by atoms with Crippen molar-refractivity contribution in [3.63, 3.8) is 0 Å². The number of carbonyl (C=O) groups excluding carboxylic acids is 1. The van der Waals surface area contributed by atoms with Gasteiger partial charge in [-0.3, -0.25) is 14.7 Å². The molecule has 43 heavy (non-hydrogen) atoms. The molecule has 2 aromatic carbocycles. The average Bonchev–Trinajstić information content (AvgIpc) is 3.60. The number of aromatic nitrogens is 3. The number of halogens is 1. The number of rotatable bonds is 6. The summed E-state index contributed by atoms with van der Waals surface area (Å²) in [5.41, 5.74) is 0.985. The van der Waals surface area contributed by atoms with E-state index in [4.69, 9.17) is 19.7 Å². The highest BCUT2D eigenvalue weighted by Crippen LogP contribution is 2.41. The highest BCUT2D eigenvalue weighted by molar-refractivity contribution is 7.98. The van der Waals surface area contributed by atoms with Gasteiger partial charge in [0.15, 0.2) is 5.82 Å². The molecule has 8 rings (SSSR count). The van der Waals surface area contributed by atoms with Crippen molar-refractivity contribution in [3.8, 4) is 17.3 Å². The highest BCUT2D eigenvalue weighted by Gasteiger charge is 2.47. The molecule has 0 radical (unpaired) electrons. The van der Waals surface area contributed by atoms with E-state index in [1.807, 2.05) is 36.6 Å². The Morgan fingerprint density at radius 1 is 1.05 bits per heavy atom. The number of carbonyl (C=O) groups is 1. The number of thioether (sulfide) groups is 1. The number of pyridine rings is 1. The average molecular weight is 599 g/mol. The van der Waals surface area contributed by atoms with Gasteiger partial charge in [0.25, 0.3) is 0 Å². The fraction of sp³-hybridized carbons (Fsp3) is 0.455. The summed E-state index contributed by atoms with van der Waals surface area (Å²) in [6, 6.07) is 12.3. The largest absolute Gasteiger partial charge is 0.461 e. The van der Waals surface area contributed by atoms with Crippen molar-refractivity contribution in [2.75, 3.05) is 43.9 Å². The van der Waals surface area contributed by atoms with Gasteiger partial charge in [0.1, 0.15) is 23.6 Å². The summed E-state index contributed by atoms with van der Waals surface area (Å²) in [7, 11) is 0. The van der Waals surface area contributed by atoms with Crippen molar-refractivity contribution in [2.45, 2.75) is 60.9 Å². The lowest BCUT2D eigenvalue weighted by Crippen LogP contribution is -2.68. The standard InChI is InChI=1S/C33H35FN6O2S/c1-43-24-10-3-8-21-7-2-9-22(26(21)24)28-27(34)29-23(18-35-28)30(39-14-4-11-32(19-39)17-25(41)38-32)37-31(36-29)42-20-33-12-5-15-40(33)16-6-13-33/h2-3,7-10,18H,4-6,11-17,19-20H2,1H3,(H,38,41). The molecule has 4 saturated heterocycles. The number of fused-ring (bicyclic) bond motifs is 3. The Bertz CT molecular complexity index is 1740. The number of benzene rings is 2. The molecule has 2 aromatic heterocycles. The maximum atomic E-state index is 16.8. The minimum absolute atomic E-state index is 0.0169. The second kappa shape index (κ2) is 10.3. The molecule has 6 heterocycles. The molecule has 10 heteroatoms. The van der Waals surface area contributed by atoms with Crippen LogP contribution in [0.25, 0.3) is 32.9 Å². The van der Waals surface area contributed by atoms with Crippen LogP contribution in [0, 0.1) is 5.82 Å². The summed E-state index contributed by atoms with van der Waals surface area (Å²) >= 11 is 1.64. The second-order valence-corrected chi connectivity index (χ2v) is 13.5. The zero-order valence-corrected chi connectivity index (χ0v) is 25.2. The van der Waals surface area contributed by atoms with Crippen molar-refractivity contribution in [1.82, 2.24) is 25.2 Å². The zero-order valence-electron chi connectivity index (χ0n) is 24.4. The van der Waals surface area contributed by atoms with E-state index in [0.717, 1.165) is 66.5 Å². The summed E-state index contributed by atoms with van der Waals surface area (Å²) in [6.07, 6.45) is 10.6. The smallest absolute Gasteiger partial charge is 0.319 e. The molecule has 8 nitrogen and oxygen atoms in total. The molecule has 4 aliphatic rings. The van der Waals surface area contributed by atoms with Crippen LogP contribution in [0.2, 0.25) is 0 Å². The third-order valence-corrected chi connectivity index (χ3v) is 10.8. The molecule has 0 aliphatic carbocycles. The monoisotopic (exact) mass is 598 g/mol. The van der Waals surface area contributed by atoms with Crippen LogP contribution in [0.15, 0.2) is 47.5 Å². The number of nitrogens with one attached hydrogen (secondary N) is 1. The van der Waals surface area contributed by atoms with Gasteiger partial charge in [0, 0.05) is 35.1 Å². The maximum absolute atomic E-state index is 16.8. The topological polar surface area (TPSA) is 83.5 Å². The lowest BCUT2D eigenvalue weighted by Gasteiger charge is -2.49. The molecule has 1 unspecified atom stereocenters. The van der Waals surface area contributed by atoms with E-state index in [2.05, 4.69) is 21.2 Å². The first-order valence-electron chi connectivity index (χ1n) is 15.3. The van der Waals surface area contributed by atoms with Crippen molar-refractivity contribution in [2.24, 2.45) is 0 Å². The van der Waals surface area contributed by atoms with Crippen LogP contribution in [-0.2, 0) is 4.79 Å². The van der Waals surface area contributed by atoms with Crippen molar-refractivity contribution in [3.05, 3.63) is 48.4 Å². The number of piperidine rings is 1. The molecule has 222 valence electrons. The van der Waals surface area contributed by atoms with Crippen molar-refractivity contribution < 1.29 is 13.9 Å². The van der Waals surface area contributed by atoms with Gasteiger partial charge in [0.05, 0.1) is 22.9 Å². The van der Waals surface area contributed by atoms with E-state index in [-0.39, 0.29) is 34.2 Å². The molecular weight excluding hydrogens is 563 g/mol. The highest BCUT2D eigenvalue weighted by atomic mass is 32.2. The molecular formula is C33H35FN6O2S. The van der Waals surface area contributed by atoms with Gasteiger partial charge in [0.2, 0.25) is 5.91 Å². The molecule has 4 aliphatic heterocycles. The number of hydrogen-bond donors (Lipinski definition) is 1. The summed E-state index contributed by atoms with van der Waals surface area (Å²) in [5.74, 6) is 0.222. The quantitative estimate of drug-likeness (QED) is 0.228. The fourth-order valence-corrected chi connectivity index (χ4v) is 8.64. The molecule has 0 saturated carbocycles. The van der Waals surface area contributed by atoms with Crippen LogP contribution in [-0.4, -0.2) is 75.9 Å². The number of ether oxygens (including phenoxy) is 1. The molecule has 1 atom stereocenters. The SMILES string of the molecule is CSc1cccc2cccc(-c3ncc4c(N5CCCC6(CC(=O)N6)C5)nc(OCC56CCCN5CCC6)nc4c3F)c12. The summed E-state index contributed by atoms with van der Waals surface area (Å²) in [6.45, 7) is 4.07. The normalized spacial score (nSPS) is 23.1. The molecule has 4 aromatic rings. The van der Waals surface area contributed by atoms with Gasteiger partial charge in [-0.05, 0) is 69.3 Å². The van der Waals surface area contributed by atoms with E-state index < -0.39 is 5.82 Å². The Kier molecular flexibility index (Phi) is 6.49. The summed E-state index contributed by atoms with van der Waals surface area (Å²) in [5, 5.41) is 5.70. The summed E-state index contributed by atoms with van der Waals surface area (Å²) < 4.78 is 23.2. The lowest BCUT2D eigenvalue weighted by molar-refractivity contribution is -0.133. The van der Waals surface area contributed by atoms with Gasteiger partial charge in [-0.25, -0.2) is 4.39 Å². The Labute approximate surface area is 254 Å². The molecule has 1 amide bonds. The Morgan fingerprint density at radius 3 is 2.58 bits per heavy atom. The van der Waals surface area contributed by atoms with Crippen molar-refractivity contribution in [1.29, 1.82) is 0 Å². The van der Waals surface area contributed by atoms with Gasteiger partial charge in [-0.1, -0.05) is 30.3 Å². The van der Waals surface area contributed by atoms with E-state index in [0.29, 0.717) is 30.8 Å². The predicted molar refractivity (Wildman–Crippen MR) is 167 cm³/mol. The van der Waals surface area contributed by atoms with Crippen LogP contribution in [0.5, 0.6) is 6.01 Å². The minimum Gasteiger partial charge on any atom is -0.461 e. The Hall–Kier alpha value is -3.50. The Morgan fingerprint density at radius 2 is 1.81 bits per heavy atom. The molecule has 4 fully saturated rings. The van der Waals surface area contributed by atoms with Crippen LogP contribution < -0.4 is 15.0 Å². The van der Waals surface area contributed by atoms with E-state index in [1.54, 1.807) is 18.0 Å². The molecule has 1 spiro atoms. The van der Waals surface area contributed by atoms with Crippen LogP contribution in [0.3, 0.4) is 0 Å².